The molecule has 0 aliphatic carbocycles. The minimum absolute atomic E-state index is 0.126. The Morgan fingerprint density at radius 2 is 2.00 bits per heavy atom. The van der Waals surface area contributed by atoms with Gasteiger partial charge in [-0.15, -0.1) is 11.3 Å². The third-order valence-corrected chi connectivity index (χ3v) is 4.38. The number of morpholine rings is 1. The van der Waals surface area contributed by atoms with E-state index in [0.29, 0.717) is 19.0 Å². The van der Waals surface area contributed by atoms with Crippen molar-refractivity contribution in [2.45, 2.75) is 45.8 Å². The highest BCUT2D eigenvalue weighted by atomic mass is 32.1. The zero-order valence-electron chi connectivity index (χ0n) is 11.5. The Morgan fingerprint density at radius 3 is 2.50 bits per heavy atom. The summed E-state index contributed by atoms with van der Waals surface area (Å²) >= 11 is 1.67. The average molecular weight is 267 g/mol. The van der Waals surface area contributed by atoms with Gasteiger partial charge in [0.1, 0.15) is 0 Å². The number of nitrogens with zero attached hydrogens (tertiary/aromatic N) is 1. The van der Waals surface area contributed by atoms with E-state index in [1.54, 1.807) is 11.3 Å². The van der Waals surface area contributed by atoms with Gasteiger partial charge in [0, 0.05) is 23.3 Å². The Bertz CT molecular complexity index is 417. The minimum Gasteiger partial charge on any atom is -0.372 e. The lowest BCUT2D eigenvalue weighted by atomic mass is 10.1. The molecule has 1 aromatic rings. The normalized spacial score (nSPS) is 24.6. The van der Waals surface area contributed by atoms with Gasteiger partial charge in [-0.2, -0.15) is 0 Å². The Hall–Kier alpha value is -0.870. The van der Waals surface area contributed by atoms with E-state index >= 15 is 0 Å². The zero-order valence-corrected chi connectivity index (χ0v) is 12.3. The van der Waals surface area contributed by atoms with Crippen molar-refractivity contribution < 1.29 is 9.53 Å². The van der Waals surface area contributed by atoms with E-state index in [-0.39, 0.29) is 18.1 Å². The SMILES string of the molecule is CC(C)c1cc(C(=O)N2C[C@H](C)O[C@@H](C)C2)cs1. The van der Waals surface area contributed by atoms with Crippen LogP contribution in [0.2, 0.25) is 0 Å². The molecule has 0 unspecified atom stereocenters. The monoisotopic (exact) mass is 267 g/mol. The average Bonchev–Trinajstić information content (AvgIpc) is 2.75. The van der Waals surface area contributed by atoms with Crippen LogP contribution in [0.5, 0.6) is 0 Å². The molecule has 2 atom stereocenters. The van der Waals surface area contributed by atoms with Crippen LogP contribution in [0.25, 0.3) is 0 Å². The second-order valence-electron chi connectivity index (χ2n) is 5.36. The van der Waals surface area contributed by atoms with Gasteiger partial charge in [0.05, 0.1) is 17.8 Å². The van der Waals surface area contributed by atoms with Crippen LogP contribution in [-0.4, -0.2) is 36.1 Å². The van der Waals surface area contributed by atoms with Crippen LogP contribution in [0.4, 0.5) is 0 Å². The van der Waals surface area contributed by atoms with E-state index in [4.69, 9.17) is 4.74 Å². The molecule has 0 spiro atoms. The number of rotatable bonds is 2. The number of thiophene rings is 1. The van der Waals surface area contributed by atoms with Gasteiger partial charge >= 0.3 is 0 Å². The van der Waals surface area contributed by atoms with Gasteiger partial charge in [-0.3, -0.25) is 4.79 Å². The van der Waals surface area contributed by atoms with Gasteiger partial charge in [0.15, 0.2) is 0 Å². The quantitative estimate of drug-likeness (QED) is 0.824. The van der Waals surface area contributed by atoms with Crippen molar-refractivity contribution in [3.05, 3.63) is 21.9 Å². The molecule has 0 aromatic carbocycles. The van der Waals surface area contributed by atoms with Crippen LogP contribution in [-0.2, 0) is 4.74 Å². The first-order valence-electron chi connectivity index (χ1n) is 6.50. The maximum Gasteiger partial charge on any atom is 0.254 e. The highest BCUT2D eigenvalue weighted by molar-refractivity contribution is 7.10. The molecule has 1 aliphatic heterocycles. The van der Waals surface area contributed by atoms with E-state index in [2.05, 4.69) is 13.8 Å². The molecule has 1 aliphatic rings. The van der Waals surface area contributed by atoms with Crippen molar-refractivity contribution in [1.82, 2.24) is 4.90 Å². The van der Waals surface area contributed by atoms with Crippen LogP contribution in [0.15, 0.2) is 11.4 Å². The number of carbonyl (C=O) groups excluding carboxylic acids is 1. The lowest BCUT2D eigenvalue weighted by Crippen LogP contribution is -2.48. The Morgan fingerprint density at radius 1 is 1.39 bits per heavy atom. The van der Waals surface area contributed by atoms with Gasteiger partial charge in [-0.1, -0.05) is 13.8 Å². The van der Waals surface area contributed by atoms with E-state index in [1.165, 1.54) is 4.88 Å². The largest absolute Gasteiger partial charge is 0.372 e. The summed E-state index contributed by atoms with van der Waals surface area (Å²) in [7, 11) is 0. The smallest absolute Gasteiger partial charge is 0.254 e. The summed E-state index contributed by atoms with van der Waals surface area (Å²) in [6.45, 7) is 9.72. The van der Waals surface area contributed by atoms with Crippen molar-refractivity contribution >= 4 is 17.2 Å². The first-order valence-corrected chi connectivity index (χ1v) is 7.38. The fourth-order valence-corrected chi connectivity index (χ4v) is 3.19. The molecule has 1 amide bonds. The molecule has 4 heteroatoms. The van der Waals surface area contributed by atoms with Crippen molar-refractivity contribution in [2.75, 3.05) is 13.1 Å². The van der Waals surface area contributed by atoms with Crippen LogP contribution in [0, 0.1) is 0 Å². The first kappa shape index (κ1) is 13.6. The maximum absolute atomic E-state index is 12.4. The summed E-state index contributed by atoms with van der Waals surface area (Å²) in [5.41, 5.74) is 0.824. The molecular formula is C14H21NO2S. The Labute approximate surface area is 113 Å². The molecule has 0 bridgehead atoms. The lowest BCUT2D eigenvalue weighted by Gasteiger charge is -2.35. The van der Waals surface area contributed by atoms with Crippen molar-refractivity contribution in [3.8, 4) is 0 Å². The van der Waals surface area contributed by atoms with Crippen LogP contribution < -0.4 is 0 Å². The summed E-state index contributed by atoms with van der Waals surface area (Å²) in [6.07, 6.45) is 0.252. The van der Waals surface area contributed by atoms with Gasteiger partial charge in [-0.25, -0.2) is 0 Å². The number of hydrogen-bond acceptors (Lipinski definition) is 3. The third-order valence-electron chi connectivity index (χ3n) is 3.14. The zero-order chi connectivity index (χ0) is 13.3. The summed E-state index contributed by atoms with van der Waals surface area (Å²) in [6, 6.07) is 2.03. The lowest BCUT2D eigenvalue weighted by molar-refractivity contribution is -0.0586. The van der Waals surface area contributed by atoms with E-state index in [9.17, 15) is 4.79 Å². The first-order chi connectivity index (χ1) is 8.47. The topological polar surface area (TPSA) is 29.5 Å². The number of ether oxygens (including phenoxy) is 1. The van der Waals surface area contributed by atoms with Gasteiger partial charge in [0.2, 0.25) is 0 Å². The molecule has 1 aromatic heterocycles. The van der Waals surface area contributed by atoms with Crippen LogP contribution in [0.3, 0.4) is 0 Å². The van der Waals surface area contributed by atoms with E-state index < -0.39 is 0 Å². The Balaban J connectivity index is 2.10. The second-order valence-corrected chi connectivity index (χ2v) is 6.30. The standard InChI is InChI=1S/C14H21NO2S/c1-9(2)13-5-12(8-18-13)14(16)15-6-10(3)17-11(4)7-15/h5,8-11H,6-7H2,1-4H3/t10-,11-/m0/s1. The maximum atomic E-state index is 12.4. The summed E-state index contributed by atoms with van der Waals surface area (Å²) in [4.78, 5) is 15.6. The molecule has 18 heavy (non-hydrogen) atoms. The molecule has 0 N–H and O–H groups in total. The molecule has 2 rings (SSSR count). The van der Waals surface area contributed by atoms with Gasteiger partial charge in [0.25, 0.3) is 5.91 Å². The molecule has 0 radical (unpaired) electrons. The van der Waals surface area contributed by atoms with Crippen molar-refractivity contribution in [1.29, 1.82) is 0 Å². The summed E-state index contributed by atoms with van der Waals surface area (Å²) < 4.78 is 5.65. The molecule has 1 fully saturated rings. The summed E-state index contributed by atoms with van der Waals surface area (Å²) in [5, 5.41) is 1.97. The number of hydrogen-bond donors (Lipinski definition) is 0. The molecular weight excluding hydrogens is 246 g/mol. The van der Waals surface area contributed by atoms with Crippen LogP contribution >= 0.6 is 11.3 Å². The third kappa shape index (κ3) is 2.93. The number of carbonyl (C=O) groups is 1. The molecule has 0 saturated carbocycles. The Kier molecular flexibility index (Phi) is 4.07. The number of amides is 1. The van der Waals surface area contributed by atoms with E-state index in [1.807, 2.05) is 30.2 Å². The fourth-order valence-electron chi connectivity index (χ4n) is 2.29. The fraction of sp³-hybridized carbons (Fsp3) is 0.643. The molecule has 3 nitrogen and oxygen atoms in total. The minimum atomic E-state index is 0.126. The second kappa shape index (κ2) is 5.41. The van der Waals surface area contributed by atoms with Gasteiger partial charge in [-0.05, 0) is 25.8 Å². The van der Waals surface area contributed by atoms with Gasteiger partial charge < -0.3 is 9.64 Å². The van der Waals surface area contributed by atoms with E-state index in [0.717, 1.165) is 5.56 Å². The molecule has 2 heterocycles. The summed E-state index contributed by atoms with van der Waals surface area (Å²) in [5.74, 6) is 0.624. The van der Waals surface area contributed by atoms with Crippen molar-refractivity contribution in [3.63, 3.8) is 0 Å². The highest BCUT2D eigenvalue weighted by Gasteiger charge is 2.27. The van der Waals surface area contributed by atoms with Crippen LogP contribution in [0.1, 0.15) is 48.8 Å². The predicted octanol–water partition coefficient (Wildman–Crippen LogP) is 3.12. The molecule has 100 valence electrons. The van der Waals surface area contributed by atoms with Crippen molar-refractivity contribution in [2.24, 2.45) is 0 Å². The predicted molar refractivity (Wildman–Crippen MR) is 74.3 cm³/mol. The molecule has 1 saturated heterocycles. The highest BCUT2D eigenvalue weighted by Crippen LogP contribution is 2.24.